The summed E-state index contributed by atoms with van der Waals surface area (Å²) in [6.07, 6.45) is 0. The van der Waals surface area contributed by atoms with Gasteiger partial charge in [0, 0.05) is 29.0 Å². The summed E-state index contributed by atoms with van der Waals surface area (Å²) in [4.78, 5) is 29.1. The Kier molecular flexibility index (Phi) is 4.97. The number of anilines is 1. The SMILES string of the molecule is CN(C(=O)Nc1cccc(Cl)c1)C1COCc2[nH]c(=O)c3cc(F)c(F)cc3c21. The maximum atomic E-state index is 13.9. The second kappa shape index (κ2) is 7.46. The van der Waals surface area contributed by atoms with Crippen LogP contribution < -0.4 is 10.9 Å². The third kappa shape index (κ3) is 3.56. The highest BCUT2D eigenvalue weighted by molar-refractivity contribution is 6.30. The van der Waals surface area contributed by atoms with Gasteiger partial charge in [0.05, 0.1) is 24.6 Å². The van der Waals surface area contributed by atoms with E-state index in [4.69, 9.17) is 16.3 Å². The lowest BCUT2D eigenvalue weighted by atomic mass is 9.95. The molecule has 1 aromatic heterocycles. The van der Waals surface area contributed by atoms with Crippen LogP contribution in [0.3, 0.4) is 0 Å². The van der Waals surface area contributed by atoms with Crippen molar-refractivity contribution in [3.63, 3.8) is 0 Å². The lowest BCUT2D eigenvalue weighted by molar-refractivity contribution is 0.0527. The van der Waals surface area contributed by atoms with Crippen molar-refractivity contribution in [2.24, 2.45) is 0 Å². The maximum Gasteiger partial charge on any atom is 0.322 e. The topological polar surface area (TPSA) is 74.4 Å². The van der Waals surface area contributed by atoms with E-state index in [0.717, 1.165) is 12.1 Å². The summed E-state index contributed by atoms with van der Waals surface area (Å²) in [6.45, 7) is 0.229. The van der Waals surface area contributed by atoms with Gasteiger partial charge in [0.25, 0.3) is 5.56 Å². The van der Waals surface area contributed by atoms with Crippen LogP contribution in [0, 0.1) is 11.6 Å². The first-order chi connectivity index (χ1) is 13.8. The smallest absolute Gasteiger partial charge is 0.322 e. The first-order valence-electron chi connectivity index (χ1n) is 8.76. The zero-order chi connectivity index (χ0) is 20.7. The molecule has 6 nitrogen and oxygen atoms in total. The molecule has 2 N–H and O–H groups in total. The minimum absolute atomic E-state index is 0.0122. The number of fused-ring (bicyclic) bond motifs is 3. The summed E-state index contributed by atoms with van der Waals surface area (Å²) in [5, 5.41) is 3.46. The Bertz CT molecular complexity index is 1180. The number of benzene rings is 2. The van der Waals surface area contributed by atoms with Gasteiger partial charge in [-0.1, -0.05) is 17.7 Å². The van der Waals surface area contributed by atoms with Crippen molar-refractivity contribution in [3.8, 4) is 0 Å². The molecular weight excluding hydrogens is 404 g/mol. The maximum absolute atomic E-state index is 13.9. The number of pyridine rings is 1. The number of urea groups is 1. The number of ether oxygens (including phenoxy) is 1. The summed E-state index contributed by atoms with van der Waals surface area (Å²) in [5.41, 5.74) is 0.902. The van der Waals surface area contributed by atoms with E-state index in [1.807, 2.05) is 0 Å². The van der Waals surface area contributed by atoms with E-state index < -0.39 is 29.3 Å². The fourth-order valence-corrected chi connectivity index (χ4v) is 3.66. The van der Waals surface area contributed by atoms with E-state index in [1.54, 1.807) is 31.3 Å². The summed E-state index contributed by atoms with van der Waals surface area (Å²) in [5.74, 6) is -2.18. The first kappa shape index (κ1) is 19.4. The van der Waals surface area contributed by atoms with Gasteiger partial charge in [-0.15, -0.1) is 0 Å². The van der Waals surface area contributed by atoms with Crippen LogP contribution in [0.5, 0.6) is 0 Å². The number of amides is 2. The van der Waals surface area contributed by atoms with Crippen LogP contribution in [0.4, 0.5) is 19.3 Å². The fraction of sp³-hybridized carbons (Fsp3) is 0.200. The third-order valence-electron chi connectivity index (χ3n) is 4.90. The third-order valence-corrected chi connectivity index (χ3v) is 5.14. The van der Waals surface area contributed by atoms with Crippen molar-refractivity contribution in [2.75, 3.05) is 19.0 Å². The molecule has 2 amide bonds. The number of nitrogens with zero attached hydrogens (tertiary/aromatic N) is 1. The van der Waals surface area contributed by atoms with Gasteiger partial charge >= 0.3 is 6.03 Å². The average molecular weight is 420 g/mol. The predicted molar refractivity (Wildman–Crippen MR) is 105 cm³/mol. The molecule has 1 aliphatic heterocycles. The second-order valence-electron chi connectivity index (χ2n) is 6.74. The van der Waals surface area contributed by atoms with Gasteiger partial charge in [-0.05, 0) is 35.7 Å². The molecule has 3 aromatic rings. The van der Waals surface area contributed by atoms with E-state index in [9.17, 15) is 18.4 Å². The predicted octanol–water partition coefficient (Wildman–Crippen LogP) is 4.19. The second-order valence-corrected chi connectivity index (χ2v) is 7.18. The van der Waals surface area contributed by atoms with Gasteiger partial charge < -0.3 is 19.9 Å². The zero-order valence-electron chi connectivity index (χ0n) is 15.3. The number of likely N-dealkylation sites (N-methyl/N-ethyl adjacent to an activating group) is 1. The molecule has 4 rings (SSSR count). The van der Waals surface area contributed by atoms with Crippen LogP contribution in [0.1, 0.15) is 17.3 Å². The standard InChI is InChI=1S/C20H16ClF2N3O3/c1-26(20(28)24-11-4-2-3-10(21)5-11)17-9-29-8-16-18(17)12-6-14(22)15(23)7-13(12)19(27)25-16/h2-7,17H,8-9H2,1H3,(H,24,28)(H,25,27). The molecule has 2 heterocycles. The first-order valence-corrected chi connectivity index (χ1v) is 9.14. The summed E-state index contributed by atoms with van der Waals surface area (Å²) < 4.78 is 33.1. The van der Waals surface area contributed by atoms with Crippen molar-refractivity contribution in [1.29, 1.82) is 0 Å². The number of halogens is 3. The normalized spacial score (nSPS) is 15.8. The Labute approximate surface area is 169 Å². The highest BCUT2D eigenvalue weighted by atomic mass is 35.5. The van der Waals surface area contributed by atoms with E-state index >= 15 is 0 Å². The molecule has 9 heteroatoms. The van der Waals surface area contributed by atoms with Crippen molar-refractivity contribution >= 4 is 34.1 Å². The molecule has 0 saturated heterocycles. The van der Waals surface area contributed by atoms with Gasteiger partial charge in [0.1, 0.15) is 0 Å². The Morgan fingerprint density at radius 3 is 2.69 bits per heavy atom. The molecule has 1 unspecified atom stereocenters. The summed E-state index contributed by atoms with van der Waals surface area (Å²) in [7, 11) is 1.56. The van der Waals surface area contributed by atoms with Crippen molar-refractivity contribution in [3.05, 3.63) is 74.7 Å². The van der Waals surface area contributed by atoms with Gasteiger partial charge in [0.2, 0.25) is 0 Å². The number of H-pyrrole nitrogens is 1. The van der Waals surface area contributed by atoms with Crippen LogP contribution in [-0.4, -0.2) is 29.6 Å². The Hall–Kier alpha value is -2.97. The lowest BCUT2D eigenvalue weighted by Crippen LogP contribution is -2.39. The number of aromatic amines is 1. The van der Waals surface area contributed by atoms with Gasteiger partial charge in [0.15, 0.2) is 11.6 Å². The van der Waals surface area contributed by atoms with Gasteiger partial charge in [-0.3, -0.25) is 4.79 Å². The van der Waals surface area contributed by atoms with Crippen LogP contribution >= 0.6 is 11.6 Å². The molecular formula is C20H16ClF2N3O3. The van der Waals surface area contributed by atoms with E-state index in [-0.39, 0.29) is 24.0 Å². The molecule has 0 radical (unpaired) electrons. The number of hydrogen-bond donors (Lipinski definition) is 2. The average Bonchev–Trinajstić information content (AvgIpc) is 2.68. The monoisotopic (exact) mass is 419 g/mol. The number of carbonyl (C=O) groups is 1. The van der Waals surface area contributed by atoms with Gasteiger partial charge in [-0.2, -0.15) is 0 Å². The van der Waals surface area contributed by atoms with E-state index in [1.165, 1.54) is 4.90 Å². The molecule has 0 aliphatic carbocycles. The molecule has 1 atom stereocenters. The molecule has 1 aliphatic rings. The molecule has 0 bridgehead atoms. The number of aromatic nitrogens is 1. The van der Waals surface area contributed by atoms with Crippen LogP contribution in [0.15, 0.2) is 41.2 Å². The van der Waals surface area contributed by atoms with Gasteiger partial charge in [-0.25, -0.2) is 13.6 Å². The van der Waals surface area contributed by atoms with Crippen LogP contribution in [-0.2, 0) is 11.3 Å². The van der Waals surface area contributed by atoms with Crippen molar-refractivity contribution < 1.29 is 18.3 Å². The zero-order valence-corrected chi connectivity index (χ0v) is 16.0. The largest absolute Gasteiger partial charge is 0.373 e. The minimum atomic E-state index is -1.11. The number of rotatable bonds is 2. The van der Waals surface area contributed by atoms with E-state index in [2.05, 4.69) is 10.3 Å². The highest BCUT2D eigenvalue weighted by Gasteiger charge is 2.31. The molecule has 29 heavy (non-hydrogen) atoms. The summed E-state index contributed by atoms with van der Waals surface area (Å²) in [6, 6.07) is 7.45. The van der Waals surface area contributed by atoms with Crippen molar-refractivity contribution in [2.45, 2.75) is 12.6 Å². The Balaban J connectivity index is 1.75. The fourth-order valence-electron chi connectivity index (χ4n) is 3.47. The highest BCUT2D eigenvalue weighted by Crippen LogP contribution is 2.34. The minimum Gasteiger partial charge on any atom is -0.373 e. The number of hydrogen-bond acceptors (Lipinski definition) is 3. The molecule has 0 spiro atoms. The Morgan fingerprint density at radius 2 is 1.97 bits per heavy atom. The van der Waals surface area contributed by atoms with Crippen LogP contribution in [0.2, 0.25) is 5.02 Å². The number of nitrogens with one attached hydrogen (secondary N) is 2. The molecule has 0 fully saturated rings. The molecule has 2 aromatic carbocycles. The van der Waals surface area contributed by atoms with E-state index in [0.29, 0.717) is 22.0 Å². The molecule has 0 saturated carbocycles. The number of carbonyl (C=O) groups excluding carboxylic acids is 1. The van der Waals surface area contributed by atoms with Crippen molar-refractivity contribution in [1.82, 2.24) is 9.88 Å². The molecule has 150 valence electrons. The quantitative estimate of drug-likeness (QED) is 0.654. The summed E-state index contributed by atoms with van der Waals surface area (Å²) >= 11 is 5.95. The Morgan fingerprint density at radius 1 is 1.24 bits per heavy atom. The van der Waals surface area contributed by atoms with Crippen LogP contribution in [0.25, 0.3) is 10.8 Å². The lowest BCUT2D eigenvalue weighted by Gasteiger charge is -2.33.